The van der Waals surface area contributed by atoms with Crippen molar-refractivity contribution in [1.82, 2.24) is 15.3 Å². The van der Waals surface area contributed by atoms with E-state index in [4.69, 9.17) is 4.98 Å². The molecular weight excluding hydrogens is 318 g/mol. The van der Waals surface area contributed by atoms with Crippen LogP contribution in [0.25, 0.3) is 0 Å². The van der Waals surface area contributed by atoms with Gasteiger partial charge >= 0.3 is 0 Å². The minimum Gasteiger partial charge on any atom is -0.314 e. The van der Waals surface area contributed by atoms with Crippen LogP contribution < -0.4 is 5.32 Å². The number of hydrogen-bond acceptors (Lipinski definition) is 3. The summed E-state index contributed by atoms with van der Waals surface area (Å²) in [7, 11) is 0. The fraction of sp³-hybridized carbons (Fsp3) is 0.304. The van der Waals surface area contributed by atoms with Gasteiger partial charge in [-0.2, -0.15) is 0 Å². The Morgan fingerprint density at radius 1 is 0.885 bits per heavy atom. The summed E-state index contributed by atoms with van der Waals surface area (Å²) < 4.78 is 0. The predicted octanol–water partition coefficient (Wildman–Crippen LogP) is 4.53. The van der Waals surface area contributed by atoms with Crippen LogP contribution >= 0.6 is 0 Å². The number of hydrogen-bond donors (Lipinski definition) is 1. The van der Waals surface area contributed by atoms with Crippen LogP contribution in [0.5, 0.6) is 0 Å². The second kappa shape index (κ2) is 9.25. The normalized spacial score (nSPS) is 13.3. The molecule has 2 unspecified atom stereocenters. The fourth-order valence-corrected chi connectivity index (χ4v) is 3.30. The predicted molar refractivity (Wildman–Crippen MR) is 107 cm³/mol. The largest absolute Gasteiger partial charge is 0.314 e. The smallest absolute Gasteiger partial charge is 0.0497 e. The SMILES string of the molecule is Cc1cccc(C(CCNC(C)Cc2ccccc2)c2ccccn2)n1. The zero-order valence-electron chi connectivity index (χ0n) is 15.6. The van der Waals surface area contributed by atoms with Crippen molar-refractivity contribution in [3.05, 3.63) is 95.6 Å². The highest BCUT2D eigenvalue weighted by atomic mass is 14.9. The maximum atomic E-state index is 4.75. The molecule has 0 aliphatic heterocycles. The maximum absolute atomic E-state index is 4.75. The highest BCUT2D eigenvalue weighted by Gasteiger charge is 2.17. The lowest BCUT2D eigenvalue weighted by molar-refractivity contribution is 0.514. The molecule has 0 bridgehead atoms. The van der Waals surface area contributed by atoms with Crippen LogP contribution in [0.2, 0.25) is 0 Å². The van der Waals surface area contributed by atoms with Gasteiger partial charge in [0.2, 0.25) is 0 Å². The van der Waals surface area contributed by atoms with Gasteiger partial charge in [0.25, 0.3) is 0 Å². The van der Waals surface area contributed by atoms with Crippen molar-refractivity contribution in [3.63, 3.8) is 0 Å². The minimum atomic E-state index is 0.215. The van der Waals surface area contributed by atoms with Gasteiger partial charge in [-0.25, -0.2) is 0 Å². The van der Waals surface area contributed by atoms with Gasteiger partial charge < -0.3 is 5.32 Å². The van der Waals surface area contributed by atoms with Crippen LogP contribution in [0.1, 0.15) is 41.9 Å². The summed E-state index contributed by atoms with van der Waals surface area (Å²) >= 11 is 0. The van der Waals surface area contributed by atoms with E-state index in [0.29, 0.717) is 6.04 Å². The molecule has 3 aromatic rings. The number of aryl methyl sites for hydroxylation is 1. The molecule has 134 valence electrons. The van der Waals surface area contributed by atoms with Gasteiger partial charge in [0.15, 0.2) is 0 Å². The lowest BCUT2D eigenvalue weighted by Gasteiger charge is -2.19. The van der Waals surface area contributed by atoms with Crippen LogP contribution in [0.3, 0.4) is 0 Å². The molecule has 0 amide bonds. The molecule has 0 aliphatic rings. The first-order valence-corrected chi connectivity index (χ1v) is 9.34. The first-order chi connectivity index (χ1) is 12.7. The van der Waals surface area contributed by atoms with Crippen molar-refractivity contribution in [3.8, 4) is 0 Å². The van der Waals surface area contributed by atoms with Gasteiger partial charge in [-0.1, -0.05) is 42.5 Å². The molecule has 0 saturated carbocycles. The monoisotopic (exact) mass is 345 g/mol. The van der Waals surface area contributed by atoms with Gasteiger partial charge in [-0.15, -0.1) is 0 Å². The Morgan fingerprint density at radius 3 is 2.38 bits per heavy atom. The molecule has 0 saturated heterocycles. The third-order valence-corrected chi connectivity index (χ3v) is 4.62. The topological polar surface area (TPSA) is 37.8 Å². The number of nitrogens with zero attached hydrogens (tertiary/aromatic N) is 2. The number of benzene rings is 1. The van der Waals surface area contributed by atoms with Crippen LogP contribution in [-0.2, 0) is 6.42 Å². The van der Waals surface area contributed by atoms with Gasteiger partial charge in [0, 0.05) is 35.2 Å². The minimum absolute atomic E-state index is 0.215. The van der Waals surface area contributed by atoms with Crippen LogP contribution in [0.15, 0.2) is 72.9 Å². The molecule has 3 nitrogen and oxygen atoms in total. The third-order valence-electron chi connectivity index (χ3n) is 4.62. The van der Waals surface area contributed by atoms with Crippen molar-refractivity contribution in [2.45, 2.75) is 38.6 Å². The Kier molecular flexibility index (Phi) is 6.50. The zero-order valence-corrected chi connectivity index (χ0v) is 15.6. The molecule has 0 aliphatic carbocycles. The molecule has 0 spiro atoms. The van der Waals surface area contributed by atoms with Gasteiger partial charge in [0.1, 0.15) is 0 Å². The Hall–Kier alpha value is -2.52. The average molecular weight is 345 g/mol. The summed E-state index contributed by atoms with van der Waals surface area (Å²) in [5, 5.41) is 3.66. The molecule has 0 fully saturated rings. The van der Waals surface area contributed by atoms with E-state index in [1.807, 2.05) is 25.3 Å². The Balaban J connectivity index is 1.63. The Morgan fingerprint density at radius 2 is 1.65 bits per heavy atom. The highest BCUT2D eigenvalue weighted by molar-refractivity contribution is 5.24. The average Bonchev–Trinajstić information content (AvgIpc) is 2.67. The maximum Gasteiger partial charge on any atom is 0.0497 e. The van der Waals surface area contributed by atoms with Gasteiger partial charge in [0.05, 0.1) is 0 Å². The van der Waals surface area contributed by atoms with Crippen molar-refractivity contribution in [2.75, 3.05) is 6.54 Å². The molecule has 2 atom stereocenters. The van der Waals surface area contributed by atoms with E-state index in [0.717, 1.165) is 36.5 Å². The summed E-state index contributed by atoms with van der Waals surface area (Å²) in [5.41, 5.74) is 4.60. The number of nitrogens with one attached hydrogen (secondary N) is 1. The van der Waals surface area contributed by atoms with E-state index in [9.17, 15) is 0 Å². The van der Waals surface area contributed by atoms with E-state index in [-0.39, 0.29) is 5.92 Å². The molecule has 0 radical (unpaired) electrons. The van der Waals surface area contributed by atoms with Gasteiger partial charge in [-0.05, 0) is 63.1 Å². The summed E-state index contributed by atoms with van der Waals surface area (Å²) in [5.74, 6) is 0.215. The molecule has 3 heteroatoms. The molecule has 1 N–H and O–H groups in total. The summed E-state index contributed by atoms with van der Waals surface area (Å²) in [6.07, 6.45) is 3.88. The summed E-state index contributed by atoms with van der Waals surface area (Å²) in [6.45, 7) is 5.22. The molecular formula is C23H27N3. The van der Waals surface area contributed by atoms with E-state index in [1.54, 1.807) is 0 Å². The molecule has 2 heterocycles. The van der Waals surface area contributed by atoms with Gasteiger partial charge in [-0.3, -0.25) is 9.97 Å². The molecule has 26 heavy (non-hydrogen) atoms. The third kappa shape index (κ3) is 5.24. The van der Waals surface area contributed by atoms with Crippen molar-refractivity contribution in [2.24, 2.45) is 0 Å². The van der Waals surface area contributed by atoms with Crippen molar-refractivity contribution in [1.29, 1.82) is 0 Å². The van der Waals surface area contributed by atoms with Crippen LogP contribution in [0.4, 0.5) is 0 Å². The highest BCUT2D eigenvalue weighted by Crippen LogP contribution is 2.24. The van der Waals surface area contributed by atoms with E-state index < -0.39 is 0 Å². The second-order valence-electron chi connectivity index (χ2n) is 6.84. The summed E-state index contributed by atoms with van der Waals surface area (Å²) in [4.78, 5) is 9.33. The standard InChI is InChI=1S/C23H27N3/c1-18-9-8-13-23(26-18)21(22-12-6-7-15-25-22)14-16-24-19(2)17-20-10-4-3-5-11-20/h3-13,15,19,21,24H,14,16-17H2,1-2H3. The van der Waals surface area contributed by atoms with Crippen LogP contribution in [-0.4, -0.2) is 22.6 Å². The zero-order chi connectivity index (χ0) is 18.2. The molecule has 1 aromatic carbocycles. The van der Waals surface area contributed by atoms with E-state index in [1.165, 1.54) is 5.56 Å². The first kappa shape index (κ1) is 18.3. The van der Waals surface area contributed by atoms with Crippen molar-refractivity contribution < 1.29 is 0 Å². The fourth-order valence-electron chi connectivity index (χ4n) is 3.30. The van der Waals surface area contributed by atoms with E-state index in [2.05, 4.69) is 71.8 Å². The molecule has 3 rings (SSSR count). The number of aromatic nitrogens is 2. The van der Waals surface area contributed by atoms with Crippen molar-refractivity contribution >= 4 is 0 Å². The van der Waals surface area contributed by atoms with E-state index >= 15 is 0 Å². The first-order valence-electron chi connectivity index (χ1n) is 9.34. The lowest BCUT2D eigenvalue weighted by atomic mass is 9.95. The second-order valence-corrected chi connectivity index (χ2v) is 6.84. The molecule has 2 aromatic heterocycles. The quantitative estimate of drug-likeness (QED) is 0.652. The van der Waals surface area contributed by atoms with Crippen LogP contribution in [0, 0.1) is 6.92 Å². The number of rotatable bonds is 8. The Bertz CT molecular complexity index is 787. The lowest BCUT2D eigenvalue weighted by Crippen LogP contribution is -2.30. The number of pyridine rings is 2. The summed E-state index contributed by atoms with van der Waals surface area (Å²) in [6, 6.07) is 23.4. The Labute approximate surface area is 156 Å².